The van der Waals surface area contributed by atoms with Crippen LogP contribution >= 0.6 is 0 Å². The molecule has 4 aromatic rings. The minimum atomic E-state index is -0.716. The number of rotatable bonds is 13. The second-order valence-corrected chi connectivity index (χ2v) is 10.3. The number of ether oxygens (including phenoxy) is 4. The van der Waals surface area contributed by atoms with Crippen molar-refractivity contribution in [3.05, 3.63) is 144 Å². The van der Waals surface area contributed by atoms with Crippen molar-refractivity contribution in [3.63, 3.8) is 0 Å². The molecule has 1 fully saturated rings. The summed E-state index contributed by atoms with van der Waals surface area (Å²) in [5.41, 5.74) is 4.30. The van der Waals surface area contributed by atoms with Gasteiger partial charge in [0.05, 0.1) is 45.2 Å². The molecular formula is C35H38O5. The Kier molecular flexibility index (Phi) is 10.5. The molecule has 4 aromatic carbocycles. The van der Waals surface area contributed by atoms with E-state index in [1.807, 2.05) is 97.1 Å². The first kappa shape index (κ1) is 28.2. The second-order valence-electron chi connectivity index (χ2n) is 10.3. The lowest BCUT2D eigenvalue weighted by Gasteiger charge is -2.44. The Morgan fingerprint density at radius 2 is 0.850 bits per heavy atom. The Morgan fingerprint density at radius 1 is 0.475 bits per heavy atom. The zero-order chi connectivity index (χ0) is 27.4. The monoisotopic (exact) mass is 538 g/mol. The van der Waals surface area contributed by atoms with E-state index in [9.17, 15) is 5.11 Å². The van der Waals surface area contributed by atoms with Gasteiger partial charge in [-0.25, -0.2) is 0 Å². The minimum Gasteiger partial charge on any atom is -0.390 e. The molecule has 1 aliphatic rings. The lowest BCUT2D eigenvalue weighted by Crippen LogP contribution is -2.57. The van der Waals surface area contributed by atoms with Gasteiger partial charge < -0.3 is 24.1 Å². The maximum absolute atomic E-state index is 11.4. The summed E-state index contributed by atoms with van der Waals surface area (Å²) in [6.45, 7) is 2.16. The molecule has 0 amide bonds. The van der Waals surface area contributed by atoms with E-state index in [2.05, 4.69) is 24.3 Å². The van der Waals surface area contributed by atoms with E-state index < -0.39 is 18.3 Å². The van der Waals surface area contributed by atoms with E-state index in [-0.39, 0.29) is 12.0 Å². The largest absolute Gasteiger partial charge is 0.390 e. The van der Waals surface area contributed by atoms with Gasteiger partial charge in [0.25, 0.3) is 0 Å². The quantitative estimate of drug-likeness (QED) is 0.215. The van der Waals surface area contributed by atoms with Gasteiger partial charge in [0, 0.05) is 5.92 Å². The van der Waals surface area contributed by atoms with Crippen molar-refractivity contribution in [1.82, 2.24) is 0 Å². The zero-order valence-corrected chi connectivity index (χ0v) is 22.8. The van der Waals surface area contributed by atoms with Gasteiger partial charge in [0.2, 0.25) is 0 Å². The molecule has 208 valence electrons. The highest BCUT2D eigenvalue weighted by atomic mass is 16.6. The number of hydrogen-bond donors (Lipinski definition) is 1. The van der Waals surface area contributed by atoms with Crippen LogP contribution in [-0.4, -0.2) is 36.1 Å². The molecule has 1 saturated carbocycles. The van der Waals surface area contributed by atoms with Gasteiger partial charge in [-0.3, -0.25) is 0 Å². The summed E-state index contributed by atoms with van der Waals surface area (Å²) in [6.07, 6.45) is -1.58. The molecule has 0 heterocycles. The molecule has 1 N–H and O–H groups in total. The highest BCUT2D eigenvalue weighted by molar-refractivity contribution is 5.16. The summed E-state index contributed by atoms with van der Waals surface area (Å²) in [7, 11) is 0. The summed E-state index contributed by atoms with van der Waals surface area (Å²) >= 11 is 0. The van der Waals surface area contributed by atoms with Crippen LogP contribution in [0.3, 0.4) is 0 Å². The van der Waals surface area contributed by atoms with Gasteiger partial charge in [0.15, 0.2) is 0 Å². The van der Waals surface area contributed by atoms with Crippen molar-refractivity contribution < 1.29 is 24.1 Å². The third-order valence-corrected chi connectivity index (χ3v) is 7.33. The Hall–Kier alpha value is -3.32. The molecule has 0 aromatic heterocycles. The fourth-order valence-electron chi connectivity index (χ4n) is 5.24. The van der Waals surface area contributed by atoms with E-state index >= 15 is 0 Å². The average Bonchev–Trinajstić information content (AvgIpc) is 3.01. The van der Waals surface area contributed by atoms with Gasteiger partial charge in [-0.05, 0) is 28.7 Å². The van der Waals surface area contributed by atoms with Crippen LogP contribution in [0.5, 0.6) is 0 Å². The second kappa shape index (κ2) is 14.9. The van der Waals surface area contributed by atoms with E-state index in [1.54, 1.807) is 0 Å². The van der Waals surface area contributed by atoms with Crippen molar-refractivity contribution in [2.75, 3.05) is 6.61 Å². The molecule has 0 aliphatic heterocycles. The smallest absolute Gasteiger partial charge is 0.113 e. The van der Waals surface area contributed by atoms with Crippen LogP contribution in [0.2, 0.25) is 0 Å². The molecule has 0 bridgehead atoms. The molecular weight excluding hydrogens is 500 g/mol. The number of aliphatic hydroxyl groups is 1. The number of benzene rings is 4. The van der Waals surface area contributed by atoms with E-state index in [0.29, 0.717) is 39.5 Å². The summed E-state index contributed by atoms with van der Waals surface area (Å²) in [4.78, 5) is 0. The van der Waals surface area contributed by atoms with E-state index in [4.69, 9.17) is 18.9 Å². The standard InChI is InChI=1S/C35H38O5/c36-32-21-31(26-37-22-27-13-5-1-6-14-27)33(38-23-28-15-7-2-8-16-28)35(40-25-30-19-11-4-12-20-30)34(32)39-24-29-17-9-3-10-18-29/h1-20,31-36H,21-26H2/t31-,32?,33+,34+,35+/m1/s1. The summed E-state index contributed by atoms with van der Waals surface area (Å²) in [6, 6.07) is 40.4. The molecule has 1 aliphatic carbocycles. The average molecular weight is 539 g/mol. The van der Waals surface area contributed by atoms with E-state index in [0.717, 1.165) is 22.3 Å². The van der Waals surface area contributed by atoms with Gasteiger partial charge in [-0.15, -0.1) is 0 Å². The minimum absolute atomic E-state index is 0.0697. The van der Waals surface area contributed by atoms with Gasteiger partial charge in [-0.1, -0.05) is 121 Å². The van der Waals surface area contributed by atoms with Crippen molar-refractivity contribution >= 4 is 0 Å². The van der Waals surface area contributed by atoms with Crippen LogP contribution < -0.4 is 0 Å². The van der Waals surface area contributed by atoms with Crippen LogP contribution in [0, 0.1) is 5.92 Å². The molecule has 40 heavy (non-hydrogen) atoms. The third-order valence-electron chi connectivity index (χ3n) is 7.33. The van der Waals surface area contributed by atoms with Crippen LogP contribution in [-0.2, 0) is 45.4 Å². The first-order valence-corrected chi connectivity index (χ1v) is 14.0. The Labute approximate surface area is 237 Å². The molecule has 1 unspecified atom stereocenters. The lowest BCUT2D eigenvalue weighted by molar-refractivity contribution is -0.224. The molecule has 5 rings (SSSR count). The normalized spacial score (nSPS) is 22.7. The van der Waals surface area contributed by atoms with Crippen LogP contribution in [0.15, 0.2) is 121 Å². The van der Waals surface area contributed by atoms with Gasteiger partial charge in [-0.2, -0.15) is 0 Å². The fraction of sp³-hybridized carbons (Fsp3) is 0.314. The Bertz CT molecular complexity index is 1240. The maximum Gasteiger partial charge on any atom is 0.113 e. The number of hydrogen-bond acceptors (Lipinski definition) is 5. The first-order chi connectivity index (χ1) is 19.8. The Morgan fingerprint density at radius 3 is 1.30 bits per heavy atom. The summed E-state index contributed by atoms with van der Waals surface area (Å²) < 4.78 is 25.8. The number of aliphatic hydroxyl groups excluding tert-OH is 1. The molecule has 5 nitrogen and oxygen atoms in total. The summed E-state index contributed by atoms with van der Waals surface area (Å²) in [5.74, 6) is -0.0697. The highest BCUT2D eigenvalue weighted by Crippen LogP contribution is 2.34. The molecule has 0 radical (unpaired) electrons. The fourth-order valence-corrected chi connectivity index (χ4v) is 5.24. The molecule has 0 spiro atoms. The van der Waals surface area contributed by atoms with Gasteiger partial charge >= 0.3 is 0 Å². The lowest BCUT2D eigenvalue weighted by atomic mass is 9.80. The molecule has 5 heteroatoms. The molecule has 0 saturated heterocycles. The van der Waals surface area contributed by atoms with Crippen molar-refractivity contribution in [2.45, 2.75) is 57.3 Å². The van der Waals surface area contributed by atoms with Crippen molar-refractivity contribution in [1.29, 1.82) is 0 Å². The maximum atomic E-state index is 11.4. The predicted molar refractivity (Wildman–Crippen MR) is 155 cm³/mol. The highest BCUT2D eigenvalue weighted by Gasteiger charge is 2.46. The Balaban J connectivity index is 1.36. The SMILES string of the molecule is OC1C[C@H](COCc2ccccc2)[C@H](OCc2ccccc2)[C@H](OCc2ccccc2)[C@H]1OCc1ccccc1. The summed E-state index contributed by atoms with van der Waals surface area (Å²) in [5, 5.41) is 11.4. The van der Waals surface area contributed by atoms with Crippen LogP contribution in [0.1, 0.15) is 28.7 Å². The van der Waals surface area contributed by atoms with E-state index in [1.165, 1.54) is 0 Å². The topological polar surface area (TPSA) is 57.2 Å². The van der Waals surface area contributed by atoms with Crippen molar-refractivity contribution in [2.24, 2.45) is 5.92 Å². The molecule has 5 atom stereocenters. The van der Waals surface area contributed by atoms with Gasteiger partial charge in [0.1, 0.15) is 12.2 Å². The third kappa shape index (κ3) is 8.10. The predicted octanol–water partition coefficient (Wildman–Crippen LogP) is 6.34. The van der Waals surface area contributed by atoms with Crippen molar-refractivity contribution in [3.8, 4) is 0 Å². The van der Waals surface area contributed by atoms with Crippen LogP contribution in [0.4, 0.5) is 0 Å². The first-order valence-electron chi connectivity index (χ1n) is 14.0. The van der Waals surface area contributed by atoms with Crippen LogP contribution in [0.25, 0.3) is 0 Å². The zero-order valence-electron chi connectivity index (χ0n) is 22.8.